The van der Waals surface area contributed by atoms with Crippen LogP contribution in [0.1, 0.15) is 38.2 Å². The topological polar surface area (TPSA) is 95.9 Å². The number of ether oxygens (including phenoxy) is 1. The normalized spacial score (nSPS) is 16.5. The third kappa shape index (κ3) is 5.48. The third-order valence-corrected chi connectivity index (χ3v) is 4.07. The Morgan fingerprint density at radius 2 is 2.16 bits per heavy atom. The van der Waals surface area contributed by atoms with Crippen LogP contribution in [0.4, 0.5) is 0 Å². The van der Waals surface area contributed by atoms with Gasteiger partial charge in [-0.05, 0) is 37.0 Å². The van der Waals surface area contributed by atoms with Crippen molar-refractivity contribution in [3.63, 3.8) is 0 Å². The summed E-state index contributed by atoms with van der Waals surface area (Å²) in [6.45, 7) is 2.47. The molecule has 2 amide bonds. The van der Waals surface area contributed by atoms with Gasteiger partial charge in [-0.25, -0.2) is 4.79 Å². The van der Waals surface area contributed by atoms with Gasteiger partial charge in [0.15, 0.2) is 6.61 Å². The molecular weight excluding hydrogens is 324 g/mol. The van der Waals surface area contributed by atoms with E-state index in [4.69, 9.17) is 9.84 Å². The average molecular weight is 348 g/mol. The quantitative estimate of drug-likeness (QED) is 0.743. The summed E-state index contributed by atoms with van der Waals surface area (Å²) in [7, 11) is 0. The van der Waals surface area contributed by atoms with Gasteiger partial charge in [0.05, 0.1) is 0 Å². The highest BCUT2D eigenvalue weighted by Gasteiger charge is 2.33. The molecule has 0 radical (unpaired) electrons. The van der Waals surface area contributed by atoms with Gasteiger partial charge in [-0.1, -0.05) is 19.1 Å². The molecule has 0 spiro atoms. The maximum atomic E-state index is 12.4. The minimum Gasteiger partial charge on any atom is -0.482 e. The van der Waals surface area contributed by atoms with E-state index in [-0.39, 0.29) is 11.8 Å². The molecule has 1 aromatic rings. The molecule has 1 atom stereocenters. The molecule has 1 aliphatic heterocycles. The van der Waals surface area contributed by atoms with Crippen molar-refractivity contribution in [3.05, 3.63) is 29.8 Å². The van der Waals surface area contributed by atoms with E-state index in [1.165, 1.54) is 0 Å². The zero-order valence-electron chi connectivity index (χ0n) is 14.4. The van der Waals surface area contributed by atoms with Crippen LogP contribution in [0.2, 0.25) is 0 Å². The highest BCUT2D eigenvalue weighted by Crippen LogP contribution is 2.19. The molecule has 0 saturated carbocycles. The second-order valence-corrected chi connectivity index (χ2v) is 6.04. The van der Waals surface area contributed by atoms with Crippen molar-refractivity contribution in [1.82, 2.24) is 10.2 Å². The van der Waals surface area contributed by atoms with Crippen LogP contribution in [0, 0.1) is 0 Å². The van der Waals surface area contributed by atoms with Gasteiger partial charge in [-0.15, -0.1) is 0 Å². The van der Waals surface area contributed by atoms with Crippen LogP contribution in [0.25, 0.3) is 0 Å². The van der Waals surface area contributed by atoms with Crippen molar-refractivity contribution in [2.75, 3.05) is 13.2 Å². The summed E-state index contributed by atoms with van der Waals surface area (Å²) in [5.74, 6) is -0.727. The molecule has 7 nitrogen and oxygen atoms in total. The van der Waals surface area contributed by atoms with Crippen molar-refractivity contribution in [1.29, 1.82) is 0 Å². The van der Waals surface area contributed by atoms with Crippen LogP contribution in [-0.2, 0) is 20.9 Å². The second kappa shape index (κ2) is 9.05. The van der Waals surface area contributed by atoms with Crippen LogP contribution in [0.3, 0.4) is 0 Å². The minimum absolute atomic E-state index is 0.0317. The number of likely N-dealkylation sites (tertiary alicyclic amines) is 1. The first-order valence-electron chi connectivity index (χ1n) is 8.52. The Morgan fingerprint density at radius 1 is 1.36 bits per heavy atom. The van der Waals surface area contributed by atoms with E-state index in [0.717, 1.165) is 18.4 Å². The lowest BCUT2D eigenvalue weighted by molar-refractivity contribution is -0.139. The maximum absolute atomic E-state index is 12.4. The molecule has 1 saturated heterocycles. The predicted molar refractivity (Wildman–Crippen MR) is 91.1 cm³/mol. The first-order valence-corrected chi connectivity index (χ1v) is 8.52. The van der Waals surface area contributed by atoms with Gasteiger partial charge < -0.3 is 20.1 Å². The Kier molecular flexibility index (Phi) is 6.80. The smallest absolute Gasteiger partial charge is 0.341 e. The molecule has 0 aromatic heterocycles. The number of carbonyl (C=O) groups is 3. The van der Waals surface area contributed by atoms with Crippen molar-refractivity contribution < 1.29 is 24.2 Å². The predicted octanol–water partition coefficient (Wildman–Crippen LogP) is 1.56. The standard InChI is InChI=1S/C18H24N2O5/c1-2-5-16(21)20-9-4-8-15(20)18(24)19-11-13-6-3-7-14(10-13)25-12-17(22)23/h3,6-7,10,15H,2,4-5,8-9,11-12H2,1H3,(H,19,24)(H,22,23). The Labute approximate surface area is 147 Å². The molecule has 7 heteroatoms. The number of carbonyl (C=O) groups excluding carboxylic acids is 2. The fraction of sp³-hybridized carbons (Fsp3) is 0.500. The largest absolute Gasteiger partial charge is 0.482 e. The Hall–Kier alpha value is -2.57. The van der Waals surface area contributed by atoms with Crippen LogP contribution >= 0.6 is 0 Å². The van der Waals surface area contributed by atoms with E-state index in [1.54, 1.807) is 23.1 Å². The molecule has 1 aromatic carbocycles. The molecule has 25 heavy (non-hydrogen) atoms. The van der Waals surface area contributed by atoms with Crippen molar-refractivity contribution in [3.8, 4) is 5.75 Å². The molecule has 2 rings (SSSR count). The fourth-order valence-corrected chi connectivity index (χ4v) is 2.89. The van der Waals surface area contributed by atoms with Crippen molar-refractivity contribution in [2.24, 2.45) is 0 Å². The maximum Gasteiger partial charge on any atom is 0.341 e. The monoisotopic (exact) mass is 348 g/mol. The van der Waals surface area contributed by atoms with Gasteiger partial charge in [0.25, 0.3) is 0 Å². The van der Waals surface area contributed by atoms with Crippen molar-refractivity contribution >= 4 is 17.8 Å². The molecule has 1 heterocycles. The van der Waals surface area contributed by atoms with E-state index in [1.807, 2.05) is 13.0 Å². The minimum atomic E-state index is -1.04. The molecule has 1 fully saturated rings. The number of amides is 2. The zero-order chi connectivity index (χ0) is 18.2. The first kappa shape index (κ1) is 18.8. The summed E-state index contributed by atoms with van der Waals surface area (Å²) < 4.78 is 5.12. The molecule has 1 aliphatic rings. The lowest BCUT2D eigenvalue weighted by Gasteiger charge is -2.24. The number of carboxylic acid groups (broad SMARTS) is 1. The van der Waals surface area contributed by atoms with E-state index in [0.29, 0.717) is 31.7 Å². The number of hydrogen-bond donors (Lipinski definition) is 2. The average Bonchev–Trinajstić information content (AvgIpc) is 3.08. The lowest BCUT2D eigenvalue weighted by atomic mass is 10.1. The van der Waals surface area contributed by atoms with E-state index < -0.39 is 18.6 Å². The summed E-state index contributed by atoms with van der Waals surface area (Å²) in [5, 5.41) is 11.5. The fourth-order valence-electron chi connectivity index (χ4n) is 2.89. The SMILES string of the molecule is CCCC(=O)N1CCCC1C(=O)NCc1cccc(OCC(=O)O)c1. The Balaban J connectivity index is 1.90. The van der Waals surface area contributed by atoms with E-state index in [9.17, 15) is 14.4 Å². The molecule has 0 bridgehead atoms. The summed E-state index contributed by atoms with van der Waals surface area (Å²) in [5.41, 5.74) is 0.806. The van der Waals surface area contributed by atoms with Gasteiger partial charge in [-0.2, -0.15) is 0 Å². The Bertz CT molecular complexity index is 632. The summed E-state index contributed by atoms with van der Waals surface area (Å²) in [4.78, 5) is 36.7. The van der Waals surface area contributed by atoms with E-state index in [2.05, 4.69) is 5.32 Å². The van der Waals surface area contributed by atoms with Gasteiger partial charge in [0.1, 0.15) is 11.8 Å². The molecular formula is C18H24N2O5. The molecule has 136 valence electrons. The molecule has 2 N–H and O–H groups in total. The number of hydrogen-bond acceptors (Lipinski definition) is 4. The van der Waals surface area contributed by atoms with Gasteiger partial charge in [-0.3, -0.25) is 9.59 Å². The van der Waals surface area contributed by atoms with Crippen LogP contribution < -0.4 is 10.1 Å². The van der Waals surface area contributed by atoms with Crippen LogP contribution in [-0.4, -0.2) is 47.0 Å². The highest BCUT2D eigenvalue weighted by molar-refractivity contribution is 5.88. The highest BCUT2D eigenvalue weighted by atomic mass is 16.5. The third-order valence-electron chi connectivity index (χ3n) is 4.07. The number of nitrogens with zero attached hydrogens (tertiary/aromatic N) is 1. The lowest BCUT2D eigenvalue weighted by Crippen LogP contribution is -2.45. The number of carboxylic acids is 1. The van der Waals surface area contributed by atoms with Gasteiger partial charge in [0.2, 0.25) is 11.8 Å². The summed E-state index contributed by atoms with van der Waals surface area (Å²) in [6, 6.07) is 6.52. The van der Waals surface area contributed by atoms with Gasteiger partial charge in [0, 0.05) is 19.5 Å². The summed E-state index contributed by atoms with van der Waals surface area (Å²) >= 11 is 0. The summed E-state index contributed by atoms with van der Waals surface area (Å²) in [6.07, 6.45) is 2.76. The number of rotatable bonds is 8. The number of aliphatic carboxylic acids is 1. The van der Waals surface area contributed by atoms with Crippen LogP contribution in [0.15, 0.2) is 24.3 Å². The molecule has 1 unspecified atom stereocenters. The second-order valence-electron chi connectivity index (χ2n) is 6.04. The van der Waals surface area contributed by atoms with E-state index >= 15 is 0 Å². The van der Waals surface area contributed by atoms with Crippen LogP contribution in [0.5, 0.6) is 5.75 Å². The number of nitrogens with one attached hydrogen (secondary N) is 1. The Morgan fingerprint density at radius 3 is 2.88 bits per heavy atom. The molecule has 0 aliphatic carbocycles. The zero-order valence-corrected chi connectivity index (χ0v) is 14.4. The number of benzene rings is 1. The van der Waals surface area contributed by atoms with Crippen molar-refractivity contribution in [2.45, 2.75) is 45.2 Å². The first-order chi connectivity index (χ1) is 12.0. The van der Waals surface area contributed by atoms with Gasteiger partial charge >= 0.3 is 5.97 Å².